The second kappa shape index (κ2) is 8.60. The van der Waals surface area contributed by atoms with Gasteiger partial charge >= 0.3 is 0 Å². The summed E-state index contributed by atoms with van der Waals surface area (Å²) < 4.78 is 12.7. The Morgan fingerprint density at radius 2 is 2.21 bits per heavy atom. The highest BCUT2D eigenvalue weighted by atomic mass is 16.5. The van der Waals surface area contributed by atoms with Crippen molar-refractivity contribution in [2.45, 2.75) is 25.3 Å². The third kappa shape index (κ3) is 4.34. The first-order valence-electron chi connectivity index (χ1n) is 8.86. The molecule has 2 aliphatic rings. The molecular formula is C17H28N4O3. The summed E-state index contributed by atoms with van der Waals surface area (Å²) in [4.78, 5) is 21.2. The zero-order chi connectivity index (χ0) is 16.8. The van der Waals surface area contributed by atoms with Crippen LogP contribution in [0.4, 0.5) is 0 Å². The molecule has 2 aliphatic heterocycles. The number of aromatic nitrogens is 2. The Kier molecular flexibility index (Phi) is 6.23. The van der Waals surface area contributed by atoms with E-state index in [4.69, 9.17) is 9.47 Å². The van der Waals surface area contributed by atoms with Crippen molar-refractivity contribution >= 4 is 5.91 Å². The number of rotatable bonds is 6. The third-order valence-electron chi connectivity index (χ3n) is 4.88. The van der Waals surface area contributed by atoms with Crippen LogP contribution in [0.25, 0.3) is 0 Å². The number of methoxy groups -OCH3 is 1. The van der Waals surface area contributed by atoms with E-state index in [0.29, 0.717) is 32.3 Å². The summed E-state index contributed by atoms with van der Waals surface area (Å²) in [5, 5.41) is 0. The molecule has 24 heavy (non-hydrogen) atoms. The molecule has 1 amide bonds. The van der Waals surface area contributed by atoms with Gasteiger partial charge in [-0.1, -0.05) is 0 Å². The van der Waals surface area contributed by atoms with Gasteiger partial charge in [-0.3, -0.25) is 9.69 Å². The predicted molar refractivity (Wildman–Crippen MR) is 89.9 cm³/mol. The molecule has 1 aromatic rings. The monoisotopic (exact) mass is 336 g/mol. The van der Waals surface area contributed by atoms with Crippen LogP contribution >= 0.6 is 0 Å². The van der Waals surface area contributed by atoms with E-state index in [0.717, 1.165) is 51.4 Å². The van der Waals surface area contributed by atoms with Gasteiger partial charge in [0.2, 0.25) is 5.91 Å². The Morgan fingerprint density at radius 3 is 3.00 bits per heavy atom. The van der Waals surface area contributed by atoms with Crippen molar-refractivity contribution in [3.63, 3.8) is 0 Å². The lowest BCUT2D eigenvalue weighted by molar-refractivity contribution is -0.136. The Hall–Kier alpha value is -1.44. The highest BCUT2D eigenvalue weighted by Crippen LogP contribution is 2.25. The van der Waals surface area contributed by atoms with Gasteiger partial charge in [-0.15, -0.1) is 0 Å². The van der Waals surface area contributed by atoms with Gasteiger partial charge in [0.25, 0.3) is 0 Å². The Labute approximate surface area is 143 Å². The number of piperidine rings is 1. The van der Waals surface area contributed by atoms with Gasteiger partial charge in [0, 0.05) is 51.6 Å². The minimum Gasteiger partial charge on any atom is -0.383 e. The fraction of sp³-hybridized carbons (Fsp3) is 0.765. The van der Waals surface area contributed by atoms with Crippen LogP contribution in [-0.2, 0) is 20.8 Å². The van der Waals surface area contributed by atoms with Gasteiger partial charge in [0.1, 0.15) is 5.82 Å². The minimum atomic E-state index is 0.224. The first-order valence-corrected chi connectivity index (χ1v) is 8.86. The highest BCUT2D eigenvalue weighted by Gasteiger charge is 2.27. The van der Waals surface area contributed by atoms with Crippen LogP contribution in [0.3, 0.4) is 0 Å². The van der Waals surface area contributed by atoms with Gasteiger partial charge in [-0.25, -0.2) is 4.98 Å². The molecule has 2 fully saturated rings. The lowest BCUT2D eigenvalue weighted by Gasteiger charge is -2.34. The molecule has 0 saturated carbocycles. The van der Waals surface area contributed by atoms with Gasteiger partial charge in [0.05, 0.1) is 26.4 Å². The molecule has 0 aromatic carbocycles. The van der Waals surface area contributed by atoms with Crippen LogP contribution in [-0.4, -0.2) is 84.9 Å². The zero-order valence-electron chi connectivity index (χ0n) is 14.5. The Bertz CT molecular complexity index is 528. The average Bonchev–Trinajstić information content (AvgIpc) is 3.09. The average molecular weight is 336 g/mol. The van der Waals surface area contributed by atoms with E-state index in [1.54, 1.807) is 7.11 Å². The Morgan fingerprint density at radius 1 is 1.38 bits per heavy atom. The maximum Gasteiger partial charge on any atom is 0.236 e. The smallest absolute Gasteiger partial charge is 0.236 e. The molecule has 3 heterocycles. The number of hydrogen-bond acceptors (Lipinski definition) is 5. The van der Waals surface area contributed by atoms with E-state index in [9.17, 15) is 4.79 Å². The fourth-order valence-electron chi connectivity index (χ4n) is 3.57. The molecule has 0 bridgehead atoms. The molecule has 134 valence electrons. The van der Waals surface area contributed by atoms with E-state index in [1.807, 2.05) is 17.3 Å². The topological polar surface area (TPSA) is 59.8 Å². The van der Waals surface area contributed by atoms with Crippen molar-refractivity contribution in [1.82, 2.24) is 19.4 Å². The molecule has 1 aromatic heterocycles. The van der Waals surface area contributed by atoms with Crippen LogP contribution in [0, 0.1) is 0 Å². The van der Waals surface area contributed by atoms with Gasteiger partial charge in [0.15, 0.2) is 0 Å². The van der Waals surface area contributed by atoms with Gasteiger partial charge in [-0.05, 0) is 19.4 Å². The number of likely N-dealkylation sites (tertiary alicyclic amines) is 1. The normalized spacial score (nSPS) is 22.7. The molecular weight excluding hydrogens is 308 g/mol. The summed E-state index contributed by atoms with van der Waals surface area (Å²) in [6, 6.07) is 0. The standard InChI is InChI=1S/C17H28N4O3/c1-23-10-7-21-6-4-18-17(21)15-3-2-5-19(13-15)14-16(22)20-8-11-24-12-9-20/h4,6,15H,2-3,5,7-14H2,1H3. The van der Waals surface area contributed by atoms with Crippen molar-refractivity contribution in [3.8, 4) is 0 Å². The largest absolute Gasteiger partial charge is 0.383 e. The summed E-state index contributed by atoms with van der Waals surface area (Å²) in [6.07, 6.45) is 6.12. The van der Waals surface area contributed by atoms with Crippen molar-refractivity contribution in [2.75, 3.05) is 59.7 Å². The lowest BCUT2D eigenvalue weighted by Crippen LogP contribution is -2.47. The van der Waals surface area contributed by atoms with E-state index in [1.165, 1.54) is 0 Å². The second-order valence-electron chi connectivity index (χ2n) is 6.54. The molecule has 7 nitrogen and oxygen atoms in total. The minimum absolute atomic E-state index is 0.224. The van der Waals surface area contributed by atoms with Gasteiger partial charge in [-0.2, -0.15) is 0 Å². The number of imidazole rings is 1. The van der Waals surface area contributed by atoms with Crippen molar-refractivity contribution in [3.05, 3.63) is 18.2 Å². The van der Waals surface area contributed by atoms with E-state index in [2.05, 4.69) is 14.5 Å². The zero-order valence-corrected chi connectivity index (χ0v) is 14.5. The van der Waals surface area contributed by atoms with E-state index >= 15 is 0 Å². The third-order valence-corrected chi connectivity index (χ3v) is 4.88. The maximum atomic E-state index is 12.5. The Balaban J connectivity index is 1.56. The van der Waals surface area contributed by atoms with Gasteiger partial charge < -0.3 is 18.9 Å². The number of hydrogen-bond donors (Lipinski definition) is 0. The molecule has 0 aliphatic carbocycles. The molecule has 3 rings (SSSR count). The first-order chi connectivity index (χ1) is 11.8. The molecule has 2 saturated heterocycles. The van der Waals surface area contributed by atoms with Crippen LogP contribution < -0.4 is 0 Å². The quantitative estimate of drug-likeness (QED) is 0.760. The van der Waals surface area contributed by atoms with Crippen LogP contribution in [0.15, 0.2) is 12.4 Å². The van der Waals surface area contributed by atoms with Crippen LogP contribution in [0.2, 0.25) is 0 Å². The summed E-state index contributed by atoms with van der Waals surface area (Å²) in [6.45, 7) is 6.68. The number of morpholine rings is 1. The van der Waals surface area contributed by atoms with E-state index in [-0.39, 0.29) is 5.91 Å². The first kappa shape index (κ1) is 17.4. The van der Waals surface area contributed by atoms with Crippen molar-refractivity contribution in [2.24, 2.45) is 0 Å². The summed E-state index contributed by atoms with van der Waals surface area (Å²) in [5.74, 6) is 1.74. The fourth-order valence-corrected chi connectivity index (χ4v) is 3.57. The second-order valence-corrected chi connectivity index (χ2v) is 6.54. The van der Waals surface area contributed by atoms with Crippen molar-refractivity contribution < 1.29 is 14.3 Å². The number of nitrogens with zero attached hydrogens (tertiary/aromatic N) is 4. The highest BCUT2D eigenvalue weighted by molar-refractivity contribution is 5.78. The van der Waals surface area contributed by atoms with Crippen LogP contribution in [0.5, 0.6) is 0 Å². The molecule has 0 N–H and O–H groups in total. The molecule has 0 radical (unpaired) electrons. The maximum absolute atomic E-state index is 12.5. The number of amides is 1. The number of ether oxygens (including phenoxy) is 2. The summed E-state index contributed by atoms with van der Waals surface area (Å²) >= 11 is 0. The van der Waals surface area contributed by atoms with E-state index < -0.39 is 0 Å². The predicted octanol–water partition coefficient (Wildman–Crippen LogP) is 0.568. The summed E-state index contributed by atoms with van der Waals surface area (Å²) in [7, 11) is 1.72. The number of carbonyl (C=O) groups is 1. The van der Waals surface area contributed by atoms with Crippen molar-refractivity contribution in [1.29, 1.82) is 0 Å². The molecule has 1 atom stereocenters. The molecule has 7 heteroatoms. The molecule has 0 spiro atoms. The summed E-state index contributed by atoms with van der Waals surface area (Å²) in [5.41, 5.74) is 0. The van der Waals surface area contributed by atoms with Crippen LogP contribution in [0.1, 0.15) is 24.6 Å². The molecule has 1 unspecified atom stereocenters. The number of carbonyl (C=O) groups excluding carboxylic acids is 1. The SMILES string of the molecule is COCCn1ccnc1C1CCCN(CC(=O)N2CCOCC2)C1. The lowest BCUT2D eigenvalue weighted by atomic mass is 9.97.